The van der Waals surface area contributed by atoms with Crippen molar-refractivity contribution in [1.82, 2.24) is 0 Å². The first-order valence-corrected chi connectivity index (χ1v) is 28.5. The second-order valence-corrected chi connectivity index (χ2v) is 22.4. The molecule has 0 amide bonds. The summed E-state index contributed by atoms with van der Waals surface area (Å²) < 4.78 is 122. The maximum Gasteiger partial charge on any atom is 0.297 e. The molecular formula is C61H64O15S2. The molecule has 2 heterocycles. The minimum atomic E-state index is -4.42. The highest BCUT2D eigenvalue weighted by Crippen LogP contribution is 2.37. The summed E-state index contributed by atoms with van der Waals surface area (Å²) in [5, 5.41) is 12.4. The Kier molecular flexibility index (Phi) is 19.8. The van der Waals surface area contributed by atoms with Crippen LogP contribution in [0.5, 0.6) is 0 Å². The highest BCUT2D eigenvalue weighted by atomic mass is 32.2. The molecule has 0 aromatic heterocycles. The van der Waals surface area contributed by atoms with Crippen LogP contribution >= 0.6 is 0 Å². The third-order valence-electron chi connectivity index (χ3n) is 13.3. The van der Waals surface area contributed by atoms with Gasteiger partial charge in [0, 0.05) is 0 Å². The molecule has 2 aliphatic heterocycles. The van der Waals surface area contributed by atoms with Crippen LogP contribution in [0.4, 0.5) is 0 Å². The number of aliphatic hydroxyl groups is 1. The molecular weight excluding hydrogens is 1040 g/mol. The summed E-state index contributed by atoms with van der Waals surface area (Å²) in [6.07, 6.45) is -13.2. The van der Waals surface area contributed by atoms with Gasteiger partial charge in [0.1, 0.15) is 48.8 Å². The van der Waals surface area contributed by atoms with E-state index in [1.165, 1.54) is 24.3 Å². The van der Waals surface area contributed by atoms with Crippen molar-refractivity contribution in [2.75, 3.05) is 13.2 Å². The number of rotatable bonds is 25. The fourth-order valence-electron chi connectivity index (χ4n) is 9.02. The van der Waals surface area contributed by atoms with Gasteiger partial charge >= 0.3 is 0 Å². The molecule has 9 rings (SSSR count). The van der Waals surface area contributed by atoms with E-state index in [9.17, 15) is 21.9 Å². The SMILES string of the molecule is Cc1ccc(S(=O)(=O)OC[C@H]2O[C@H](O[C@H]3[C@H](OCc4ccccc4)[C@@H](OCc4ccccc4)[C@H](OCc4ccccc4)O[C@@H]3COS(=O)(=O)c3ccc(C)cc3)[C@H](OCc3ccccc3)[C@@H](OCc3ccccc3)[C@@H]2O)cc1. The van der Waals surface area contributed by atoms with Crippen molar-refractivity contribution in [3.05, 3.63) is 239 Å². The molecule has 7 aromatic rings. The maximum absolute atomic E-state index is 14.1. The van der Waals surface area contributed by atoms with Gasteiger partial charge in [-0.2, -0.15) is 16.8 Å². The van der Waals surface area contributed by atoms with E-state index in [0.717, 1.165) is 38.9 Å². The van der Waals surface area contributed by atoms with E-state index in [2.05, 4.69) is 0 Å². The molecule has 0 radical (unpaired) electrons. The van der Waals surface area contributed by atoms with Gasteiger partial charge in [0.25, 0.3) is 20.2 Å². The monoisotopic (exact) mass is 1100 g/mol. The fourth-order valence-corrected chi connectivity index (χ4v) is 10.9. The van der Waals surface area contributed by atoms with Crippen LogP contribution in [0.15, 0.2) is 210 Å². The summed E-state index contributed by atoms with van der Waals surface area (Å²) in [6, 6.07) is 59.5. The van der Waals surface area contributed by atoms with Crippen LogP contribution in [-0.4, -0.2) is 96.6 Å². The van der Waals surface area contributed by atoms with Crippen molar-refractivity contribution < 1.29 is 68.2 Å². The molecule has 10 atom stereocenters. The Morgan fingerprint density at radius 1 is 0.372 bits per heavy atom. The average molecular weight is 1100 g/mol. The van der Waals surface area contributed by atoms with Gasteiger partial charge in [-0.25, -0.2) is 0 Å². The van der Waals surface area contributed by atoms with Gasteiger partial charge in [-0.3, -0.25) is 8.37 Å². The number of ether oxygens (including phenoxy) is 8. The summed E-state index contributed by atoms with van der Waals surface area (Å²) in [5.74, 6) is 0. The molecule has 0 unspecified atom stereocenters. The summed E-state index contributed by atoms with van der Waals surface area (Å²) in [6.45, 7) is 2.51. The van der Waals surface area contributed by atoms with E-state index >= 15 is 0 Å². The first kappa shape index (κ1) is 56.7. The minimum Gasteiger partial charge on any atom is -0.387 e. The fraction of sp³-hybridized carbons (Fsp3) is 0.311. The number of hydrogen-bond donors (Lipinski definition) is 1. The maximum atomic E-state index is 14.1. The molecule has 2 fully saturated rings. The van der Waals surface area contributed by atoms with E-state index in [1.54, 1.807) is 24.3 Å². The van der Waals surface area contributed by atoms with Gasteiger partial charge in [0.2, 0.25) is 0 Å². The van der Waals surface area contributed by atoms with Gasteiger partial charge in [-0.05, 0) is 65.9 Å². The standard InChI is InChI=1S/C61H64O15S2/c1-43-28-32-50(33-29-43)77(63,64)72-41-52-54(62)56(67-36-45-18-8-3-9-19-45)58(69-38-47-22-12-5-13-23-47)61(74-52)76-55-53(42-73-78(65,66)51-34-30-44(2)31-35-51)75-60(71-40-49-26-16-7-17-27-49)59(70-39-48-24-14-6-15-25-48)57(55)68-37-46-20-10-4-11-21-46/h3-35,52-62H,36-42H2,1-2H3/t52-,53-,54-,55-,56+,57+,58-,59-,60-,61-/m1/s1. The topological polar surface area (TPSA) is 181 Å². The molecule has 2 aliphatic rings. The largest absolute Gasteiger partial charge is 0.387 e. The molecule has 0 saturated carbocycles. The van der Waals surface area contributed by atoms with Crippen LogP contribution < -0.4 is 0 Å². The van der Waals surface area contributed by atoms with E-state index in [4.69, 9.17) is 46.3 Å². The van der Waals surface area contributed by atoms with Crippen molar-refractivity contribution >= 4 is 20.2 Å². The van der Waals surface area contributed by atoms with Crippen molar-refractivity contribution in [2.45, 2.75) is 118 Å². The Morgan fingerprint density at radius 3 is 1.09 bits per heavy atom. The van der Waals surface area contributed by atoms with Crippen LogP contribution in [0.2, 0.25) is 0 Å². The normalized spacial score (nSPS) is 23.7. The lowest BCUT2D eigenvalue weighted by Gasteiger charge is -2.49. The van der Waals surface area contributed by atoms with Crippen molar-refractivity contribution in [1.29, 1.82) is 0 Å². The van der Waals surface area contributed by atoms with Crippen LogP contribution in [0.3, 0.4) is 0 Å². The Hall–Kier alpha value is -6.00. The first-order valence-electron chi connectivity index (χ1n) is 25.7. The van der Waals surface area contributed by atoms with Crippen LogP contribution in [0.25, 0.3) is 0 Å². The predicted molar refractivity (Wildman–Crippen MR) is 288 cm³/mol. The lowest BCUT2D eigenvalue weighted by molar-refractivity contribution is -0.374. The second kappa shape index (κ2) is 27.2. The van der Waals surface area contributed by atoms with Gasteiger partial charge in [0.15, 0.2) is 12.6 Å². The second-order valence-electron chi connectivity index (χ2n) is 19.1. The van der Waals surface area contributed by atoms with Crippen molar-refractivity contribution in [3.63, 3.8) is 0 Å². The van der Waals surface area contributed by atoms with E-state index in [1.807, 2.05) is 166 Å². The quantitative estimate of drug-likeness (QED) is 0.0535. The zero-order valence-electron chi connectivity index (χ0n) is 43.3. The lowest BCUT2D eigenvalue weighted by Crippen LogP contribution is -2.66. The third-order valence-corrected chi connectivity index (χ3v) is 15.9. The highest BCUT2D eigenvalue weighted by molar-refractivity contribution is 7.87. The zero-order chi connectivity index (χ0) is 54.3. The van der Waals surface area contributed by atoms with Crippen molar-refractivity contribution in [3.8, 4) is 0 Å². The molecule has 0 spiro atoms. The summed E-state index contributed by atoms with van der Waals surface area (Å²) in [4.78, 5) is -0.182. The number of hydrogen-bond acceptors (Lipinski definition) is 15. The molecule has 410 valence electrons. The number of benzene rings is 7. The van der Waals surface area contributed by atoms with Gasteiger partial charge in [0.05, 0.1) is 56.0 Å². The average Bonchev–Trinajstić information content (AvgIpc) is 3.59. The molecule has 0 aliphatic carbocycles. The molecule has 2 saturated heterocycles. The van der Waals surface area contributed by atoms with Crippen molar-refractivity contribution in [2.24, 2.45) is 0 Å². The summed E-state index contributed by atoms with van der Waals surface area (Å²) >= 11 is 0. The number of aryl methyl sites for hydroxylation is 2. The Labute approximate surface area is 456 Å². The zero-order valence-corrected chi connectivity index (χ0v) is 44.9. The van der Waals surface area contributed by atoms with Gasteiger partial charge in [-0.1, -0.05) is 187 Å². The van der Waals surface area contributed by atoms with Gasteiger partial charge < -0.3 is 43.0 Å². The van der Waals surface area contributed by atoms with Crippen LogP contribution in [0, 0.1) is 13.8 Å². The smallest absolute Gasteiger partial charge is 0.297 e. The first-order chi connectivity index (χ1) is 37.9. The summed E-state index contributed by atoms with van der Waals surface area (Å²) in [7, 11) is -8.82. The Bertz CT molecular complexity index is 3120. The molecule has 17 heteroatoms. The predicted octanol–water partition coefficient (Wildman–Crippen LogP) is 9.17. The third kappa shape index (κ3) is 15.4. The Morgan fingerprint density at radius 2 is 0.692 bits per heavy atom. The van der Waals surface area contributed by atoms with E-state index in [0.29, 0.717) is 0 Å². The lowest BCUT2D eigenvalue weighted by atomic mass is 9.96. The van der Waals surface area contributed by atoms with Crippen LogP contribution in [-0.2, 0) is 99.5 Å². The highest BCUT2D eigenvalue weighted by Gasteiger charge is 2.54. The molecule has 0 bridgehead atoms. The molecule has 1 N–H and O–H groups in total. The van der Waals surface area contributed by atoms with E-state index in [-0.39, 0.29) is 42.8 Å². The van der Waals surface area contributed by atoms with Crippen LogP contribution in [0.1, 0.15) is 38.9 Å². The van der Waals surface area contributed by atoms with E-state index < -0.39 is 94.9 Å². The molecule has 78 heavy (non-hydrogen) atoms. The Balaban J connectivity index is 1.13. The molecule has 15 nitrogen and oxygen atoms in total. The van der Waals surface area contributed by atoms with Gasteiger partial charge in [-0.15, -0.1) is 0 Å². The molecule has 7 aromatic carbocycles. The number of aliphatic hydroxyl groups excluding tert-OH is 1. The minimum absolute atomic E-state index is 0.00571. The summed E-state index contributed by atoms with van der Waals surface area (Å²) in [5.41, 5.74) is 5.68.